The molecule has 0 unspecified atom stereocenters. The van der Waals surface area contributed by atoms with Crippen LogP contribution in [0.5, 0.6) is 0 Å². The Morgan fingerprint density at radius 3 is 2.50 bits per heavy atom. The number of nitrogens with one attached hydrogen (secondary N) is 1. The second-order valence-electron chi connectivity index (χ2n) is 4.22. The average Bonchev–Trinajstić information content (AvgIpc) is 2.37. The molecule has 0 spiro atoms. The van der Waals surface area contributed by atoms with Crippen molar-refractivity contribution in [2.45, 2.75) is 0 Å². The zero-order valence-electron chi connectivity index (χ0n) is 10.9. The van der Waals surface area contributed by atoms with Crippen LogP contribution in [0.25, 0.3) is 0 Å². The number of halogens is 2. The van der Waals surface area contributed by atoms with Gasteiger partial charge < -0.3 is 10.2 Å². The van der Waals surface area contributed by atoms with Gasteiger partial charge in [-0.1, -0.05) is 23.2 Å². The largest absolute Gasteiger partial charge is 0.361 e. The Hall–Kier alpha value is -1.85. The second-order valence-corrected chi connectivity index (χ2v) is 5.00. The second kappa shape index (κ2) is 6.07. The van der Waals surface area contributed by atoms with E-state index in [1.54, 1.807) is 18.3 Å². The number of hydrogen-bond donors (Lipinski definition) is 1. The summed E-state index contributed by atoms with van der Waals surface area (Å²) in [6.07, 6.45) is 1.66. The molecular weight excluding hydrogens is 299 g/mol. The molecule has 2 aromatic rings. The van der Waals surface area contributed by atoms with Gasteiger partial charge in [-0.25, -0.2) is 9.97 Å². The number of carbonyl (C=O) groups is 1. The normalized spacial score (nSPS) is 10.2. The lowest BCUT2D eigenvalue weighted by atomic mass is 10.2. The summed E-state index contributed by atoms with van der Waals surface area (Å²) >= 11 is 11.6. The van der Waals surface area contributed by atoms with Crippen molar-refractivity contribution in [2.75, 3.05) is 24.3 Å². The lowest BCUT2D eigenvalue weighted by Crippen LogP contribution is -2.17. The molecule has 2 aromatic heterocycles. The maximum atomic E-state index is 12.2. The maximum Gasteiger partial charge on any atom is 0.255 e. The van der Waals surface area contributed by atoms with E-state index in [9.17, 15) is 4.79 Å². The summed E-state index contributed by atoms with van der Waals surface area (Å²) in [7, 11) is 3.69. The number of aromatic nitrogens is 2. The van der Waals surface area contributed by atoms with Crippen LogP contribution in [0.3, 0.4) is 0 Å². The summed E-state index contributed by atoms with van der Waals surface area (Å²) in [5.74, 6) is 0.333. The van der Waals surface area contributed by atoms with E-state index >= 15 is 0 Å². The van der Waals surface area contributed by atoms with E-state index in [4.69, 9.17) is 23.2 Å². The van der Waals surface area contributed by atoms with E-state index in [0.29, 0.717) is 17.1 Å². The molecule has 0 aliphatic carbocycles. The molecule has 1 N–H and O–H groups in total. The summed E-state index contributed by atoms with van der Waals surface area (Å²) < 4.78 is 0. The van der Waals surface area contributed by atoms with Gasteiger partial charge in [0.1, 0.15) is 10.3 Å². The molecule has 0 aliphatic rings. The van der Waals surface area contributed by atoms with Crippen LogP contribution in [0, 0.1) is 0 Å². The highest BCUT2D eigenvalue weighted by atomic mass is 35.5. The molecule has 5 nitrogen and oxygen atoms in total. The molecule has 0 fully saturated rings. The third-order valence-corrected chi connectivity index (χ3v) is 2.87. The fourth-order valence-corrected chi connectivity index (χ4v) is 2.10. The Kier molecular flexibility index (Phi) is 4.42. The van der Waals surface area contributed by atoms with Gasteiger partial charge in [0.25, 0.3) is 5.91 Å². The van der Waals surface area contributed by atoms with Gasteiger partial charge in [-0.05, 0) is 24.3 Å². The molecule has 2 rings (SSSR count). The lowest BCUT2D eigenvalue weighted by Gasteiger charge is -2.16. The van der Waals surface area contributed by atoms with Gasteiger partial charge in [-0.3, -0.25) is 4.79 Å². The van der Waals surface area contributed by atoms with E-state index in [1.165, 1.54) is 12.1 Å². The number of carbonyl (C=O) groups excluding carboxylic acids is 1. The summed E-state index contributed by atoms with van der Waals surface area (Å²) in [6, 6.07) is 6.42. The van der Waals surface area contributed by atoms with Gasteiger partial charge >= 0.3 is 0 Å². The van der Waals surface area contributed by atoms with Gasteiger partial charge in [-0.15, -0.1) is 0 Å². The van der Waals surface area contributed by atoms with Crippen molar-refractivity contribution in [3.05, 3.63) is 46.3 Å². The number of anilines is 2. The monoisotopic (exact) mass is 310 g/mol. The Balaban J connectivity index is 2.28. The lowest BCUT2D eigenvalue weighted by molar-refractivity contribution is 0.102. The first-order valence-electron chi connectivity index (χ1n) is 5.74. The van der Waals surface area contributed by atoms with E-state index in [0.717, 1.165) is 0 Å². The van der Waals surface area contributed by atoms with Crippen LogP contribution in [0.1, 0.15) is 10.4 Å². The zero-order valence-corrected chi connectivity index (χ0v) is 12.4. The van der Waals surface area contributed by atoms with Crippen LogP contribution in [0.15, 0.2) is 30.5 Å². The van der Waals surface area contributed by atoms with Crippen LogP contribution >= 0.6 is 23.2 Å². The predicted octanol–water partition coefficient (Wildman–Crippen LogP) is 3.10. The predicted molar refractivity (Wildman–Crippen MR) is 80.8 cm³/mol. The first-order chi connectivity index (χ1) is 9.47. The van der Waals surface area contributed by atoms with Crippen molar-refractivity contribution in [1.82, 2.24) is 9.97 Å². The standard InChI is InChI=1S/C13H12Cl2N4O/c1-19(2)12-9(4-3-5-16-12)17-13(20)8-6-10(14)18-11(15)7-8/h3-7H,1-2H3,(H,17,20). The van der Waals surface area contributed by atoms with Crippen LogP contribution in [0.2, 0.25) is 10.3 Å². The molecule has 0 saturated heterocycles. The summed E-state index contributed by atoms with van der Waals surface area (Å²) in [6.45, 7) is 0. The quantitative estimate of drug-likeness (QED) is 0.885. The van der Waals surface area contributed by atoms with Gasteiger partial charge in [0.15, 0.2) is 5.82 Å². The molecule has 0 bridgehead atoms. The zero-order chi connectivity index (χ0) is 14.7. The van der Waals surface area contributed by atoms with Crippen LogP contribution in [-0.4, -0.2) is 30.0 Å². The summed E-state index contributed by atoms with van der Waals surface area (Å²) in [4.78, 5) is 22.0. The molecule has 0 radical (unpaired) electrons. The molecule has 2 heterocycles. The number of pyridine rings is 2. The number of amides is 1. The highest BCUT2D eigenvalue weighted by molar-refractivity contribution is 6.33. The SMILES string of the molecule is CN(C)c1ncccc1NC(=O)c1cc(Cl)nc(Cl)c1. The van der Waals surface area contributed by atoms with E-state index in [-0.39, 0.29) is 16.2 Å². The Bertz CT molecular complexity index is 626. The third kappa shape index (κ3) is 3.37. The number of rotatable bonds is 3. The fraction of sp³-hybridized carbons (Fsp3) is 0.154. The van der Waals surface area contributed by atoms with Crippen molar-refractivity contribution in [3.63, 3.8) is 0 Å². The van der Waals surface area contributed by atoms with Gasteiger partial charge in [0.2, 0.25) is 0 Å². The van der Waals surface area contributed by atoms with Crippen molar-refractivity contribution >= 4 is 40.6 Å². The summed E-state index contributed by atoms with van der Waals surface area (Å²) in [5.41, 5.74) is 0.940. The Labute approximate surface area is 126 Å². The molecule has 0 saturated carbocycles. The van der Waals surface area contributed by atoms with Crippen molar-refractivity contribution < 1.29 is 4.79 Å². The fourth-order valence-electron chi connectivity index (χ4n) is 1.64. The molecule has 0 atom stereocenters. The van der Waals surface area contributed by atoms with Crippen LogP contribution in [-0.2, 0) is 0 Å². The van der Waals surface area contributed by atoms with Crippen molar-refractivity contribution in [2.24, 2.45) is 0 Å². The first-order valence-corrected chi connectivity index (χ1v) is 6.50. The van der Waals surface area contributed by atoms with Crippen LogP contribution in [0.4, 0.5) is 11.5 Å². The van der Waals surface area contributed by atoms with Gasteiger partial charge in [0, 0.05) is 25.9 Å². The Morgan fingerprint density at radius 1 is 1.25 bits per heavy atom. The molecule has 0 aliphatic heterocycles. The molecule has 1 amide bonds. The maximum absolute atomic E-state index is 12.2. The molecule has 104 valence electrons. The van der Waals surface area contributed by atoms with Gasteiger partial charge in [-0.2, -0.15) is 0 Å². The third-order valence-electron chi connectivity index (χ3n) is 2.48. The Morgan fingerprint density at radius 2 is 1.90 bits per heavy atom. The summed E-state index contributed by atoms with van der Waals surface area (Å²) in [5, 5.41) is 3.11. The topological polar surface area (TPSA) is 58.1 Å². The highest BCUT2D eigenvalue weighted by Crippen LogP contribution is 2.22. The highest BCUT2D eigenvalue weighted by Gasteiger charge is 2.12. The molecule has 0 aromatic carbocycles. The van der Waals surface area contributed by atoms with Gasteiger partial charge in [0.05, 0.1) is 5.69 Å². The number of nitrogens with zero attached hydrogens (tertiary/aromatic N) is 3. The van der Waals surface area contributed by atoms with Crippen molar-refractivity contribution in [1.29, 1.82) is 0 Å². The minimum atomic E-state index is -0.327. The molecule has 20 heavy (non-hydrogen) atoms. The molecular formula is C13H12Cl2N4O. The van der Waals surface area contributed by atoms with E-state index < -0.39 is 0 Å². The number of hydrogen-bond acceptors (Lipinski definition) is 4. The van der Waals surface area contributed by atoms with E-state index in [1.807, 2.05) is 19.0 Å². The van der Waals surface area contributed by atoms with Crippen LogP contribution < -0.4 is 10.2 Å². The smallest absolute Gasteiger partial charge is 0.255 e. The minimum absolute atomic E-state index is 0.168. The first kappa shape index (κ1) is 14.6. The van der Waals surface area contributed by atoms with E-state index in [2.05, 4.69) is 15.3 Å². The minimum Gasteiger partial charge on any atom is -0.361 e. The van der Waals surface area contributed by atoms with Crippen molar-refractivity contribution in [3.8, 4) is 0 Å². The average molecular weight is 311 g/mol. The molecule has 7 heteroatoms.